The molecule has 2 aliphatic carbocycles. The Morgan fingerprint density at radius 1 is 1.19 bits per heavy atom. The van der Waals surface area contributed by atoms with E-state index in [1.165, 1.54) is 18.5 Å². The Hall–Kier alpha value is -2.24. The molecule has 2 aromatic rings. The summed E-state index contributed by atoms with van der Waals surface area (Å²) >= 11 is 0. The summed E-state index contributed by atoms with van der Waals surface area (Å²) in [5.41, 5.74) is 1.78. The smallest absolute Gasteiger partial charge is 0.433 e. The summed E-state index contributed by atoms with van der Waals surface area (Å²) in [5, 5.41) is 8.95. The highest BCUT2D eigenvalue weighted by Gasteiger charge is 2.31. The third kappa shape index (κ3) is 4.20. The molecular formula is C21H28N4O2. The second-order valence-corrected chi connectivity index (χ2v) is 8.86. The predicted molar refractivity (Wildman–Crippen MR) is 104 cm³/mol. The molecule has 2 atom stereocenters. The van der Waals surface area contributed by atoms with Crippen LogP contribution in [0.1, 0.15) is 82.7 Å². The molecule has 144 valence electrons. The Bertz CT molecular complexity index is 861. The quantitative estimate of drug-likeness (QED) is 0.724. The molecule has 1 unspecified atom stereocenters. The third-order valence-electron chi connectivity index (χ3n) is 5.34. The van der Waals surface area contributed by atoms with E-state index in [0.29, 0.717) is 11.8 Å². The van der Waals surface area contributed by atoms with Gasteiger partial charge >= 0.3 is 6.09 Å². The summed E-state index contributed by atoms with van der Waals surface area (Å²) in [7, 11) is 0. The lowest BCUT2D eigenvalue weighted by atomic mass is 9.81. The summed E-state index contributed by atoms with van der Waals surface area (Å²) in [5.74, 6) is 2.35. The SMILES string of the molecule is CC(C)(C)OC(=O)/N=C/C1CCC[C@H](c2nnc3cccc(C4CC4)n23)C1. The molecule has 0 aliphatic heterocycles. The number of carbonyl (C=O) groups is 1. The minimum atomic E-state index is -0.511. The molecule has 0 N–H and O–H groups in total. The number of amides is 1. The van der Waals surface area contributed by atoms with Gasteiger partial charge < -0.3 is 4.74 Å². The van der Waals surface area contributed by atoms with Crippen LogP contribution >= 0.6 is 0 Å². The maximum absolute atomic E-state index is 11.9. The van der Waals surface area contributed by atoms with Gasteiger partial charge in [-0.3, -0.25) is 4.40 Å². The van der Waals surface area contributed by atoms with E-state index in [2.05, 4.69) is 31.7 Å². The van der Waals surface area contributed by atoms with Gasteiger partial charge in [-0.05, 0) is 76.8 Å². The van der Waals surface area contributed by atoms with Crippen LogP contribution in [-0.4, -0.2) is 32.5 Å². The van der Waals surface area contributed by atoms with Crippen molar-refractivity contribution in [2.75, 3.05) is 0 Å². The first kappa shape index (κ1) is 18.1. The number of nitrogens with zero attached hydrogens (tertiary/aromatic N) is 4. The Morgan fingerprint density at radius 2 is 2.00 bits per heavy atom. The van der Waals surface area contributed by atoms with Crippen molar-refractivity contribution in [2.45, 2.75) is 76.7 Å². The predicted octanol–water partition coefficient (Wildman–Crippen LogP) is 4.89. The normalized spacial score (nSPS) is 23.8. The van der Waals surface area contributed by atoms with E-state index in [1.807, 2.05) is 26.8 Å². The van der Waals surface area contributed by atoms with E-state index in [9.17, 15) is 4.79 Å². The highest BCUT2D eigenvalue weighted by Crippen LogP contribution is 2.42. The standard InChI is InChI=1S/C21H28N4O2/c1-21(2,3)27-20(26)22-13-14-6-4-7-16(12-14)19-24-23-18-9-5-8-17(25(18)19)15-10-11-15/h5,8-9,13-16H,4,6-7,10-12H2,1-3H3/b22-13+/t14?,16-/m0/s1. The molecule has 0 radical (unpaired) electrons. The van der Waals surface area contributed by atoms with Crippen molar-refractivity contribution in [2.24, 2.45) is 10.9 Å². The second kappa shape index (κ2) is 7.06. The molecule has 0 spiro atoms. The lowest BCUT2D eigenvalue weighted by Crippen LogP contribution is -2.23. The highest BCUT2D eigenvalue weighted by molar-refractivity contribution is 5.80. The van der Waals surface area contributed by atoms with Gasteiger partial charge in [0, 0.05) is 17.8 Å². The van der Waals surface area contributed by atoms with Gasteiger partial charge in [0.15, 0.2) is 5.65 Å². The number of hydrogen-bond acceptors (Lipinski definition) is 4. The first-order chi connectivity index (χ1) is 12.9. The van der Waals surface area contributed by atoms with E-state index in [1.54, 1.807) is 6.21 Å². The lowest BCUT2D eigenvalue weighted by Gasteiger charge is -2.26. The Balaban J connectivity index is 1.51. The first-order valence-electron chi connectivity index (χ1n) is 10.0. The van der Waals surface area contributed by atoms with E-state index in [4.69, 9.17) is 4.74 Å². The van der Waals surface area contributed by atoms with Crippen LogP contribution < -0.4 is 0 Å². The zero-order valence-electron chi connectivity index (χ0n) is 16.4. The van der Waals surface area contributed by atoms with Gasteiger partial charge in [-0.25, -0.2) is 4.79 Å². The Morgan fingerprint density at radius 3 is 2.74 bits per heavy atom. The maximum atomic E-state index is 11.9. The number of carbonyl (C=O) groups excluding carboxylic acids is 1. The molecule has 0 saturated heterocycles. The van der Waals surface area contributed by atoms with Crippen molar-refractivity contribution in [1.82, 2.24) is 14.6 Å². The van der Waals surface area contributed by atoms with Gasteiger partial charge in [-0.2, -0.15) is 4.99 Å². The molecule has 0 bridgehead atoms. The molecule has 2 heterocycles. The van der Waals surface area contributed by atoms with Crippen molar-refractivity contribution in [3.8, 4) is 0 Å². The molecular weight excluding hydrogens is 340 g/mol. The van der Waals surface area contributed by atoms with Gasteiger partial charge in [-0.1, -0.05) is 12.5 Å². The molecule has 2 aliphatic rings. The van der Waals surface area contributed by atoms with Crippen molar-refractivity contribution >= 4 is 18.0 Å². The number of aromatic nitrogens is 3. The average Bonchev–Trinajstić information content (AvgIpc) is 3.37. The fraction of sp³-hybridized carbons (Fsp3) is 0.619. The fourth-order valence-electron chi connectivity index (χ4n) is 4.00. The minimum absolute atomic E-state index is 0.275. The van der Waals surface area contributed by atoms with Crippen LogP contribution in [0.4, 0.5) is 4.79 Å². The van der Waals surface area contributed by atoms with Crippen LogP contribution in [0.15, 0.2) is 23.2 Å². The highest BCUT2D eigenvalue weighted by atomic mass is 16.6. The number of fused-ring (bicyclic) bond motifs is 1. The molecule has 2 saturated carbocycles. The summed E-state index contributed by atoms with van der Waals surface area (Å²) in [6.07, 6.45) is 8.01. The maximum Gasteiger partial charge on any atom is 0.433 e. The van der Waals surface area contributed by atoms with Crippen molar-refractivity contribution < 1.29 is 9.53 Å². The largest absolute Gasteiger partial charge is 0.442 e. The van der Waals surface area contributed by atoms with Gasteiger partial charge in [0.2, 0.25) is 0 Å². The summed E-state index contributed by atoms with van der Waals surface area (Å²) in [4.78, 5) is 15.9. The Kier molecular flexibility index (Phi) is 4.74. The van der Waals surface area contributed by atoms with E-state index in [0.717, 1.165) is 37.2 Å². The molecule has 1 amide bonds. The van der Waals surface area contributed by atoms with E-state index < -0.39 is 11.7 Å². The molecule has 6 nitrogen and oxygen atoms in total. The van der Waals surface area contributed by atoms with Gasteiger partial charge in [0.25, 0.3) is 0 Å². The first-order valence-corrected chi connectivity index (χ1v) is 10.0. The molecule has 4 rings (SSSR count). The molecule has 27 heavy (non-hydrogen) atoms. The van der Waals surface area contributed by atoms with Gasteiger partial charge in [0.05, 0.1) is 0 Å². The zero-order chi connectivity index (χ0) is 19.0. The number of aliphatic imine (C=N–C) groups is 1. The monoisotopic (exact) mass is 368 g/mol. The van der Waals surface area contributed by atoms with Gasteiger partial charge in [0.1, 0.15) is 11.4 Å². The molecule has 0 aromatic carbocycles. The number of hydrogen-bond donors (Lipinski definition) is 0. The fourth-order valence-corrected chi connectivity index (χ4v) is 4.00. The van der Waals surface area contributed by atoms with E-state index >= 15 is 0 Å². The van der Waals surface area contributed by atoms with Crippen molar-refractivity contribution in [3.63, 3.8) is 0 Å². The third-order valence-corrected chi connectivity index (χ3v) is 5.34. The average molecular weight is 368 g/mol. The zero-order valence-corrected chi connectivity index (χ0v) is 16.4. The molecule has 6 heteroatoms. The van der Waals surface area contributed by atoms with Crippen LogP contribution in [0, 0.1) is 5.92 Å². The lowest BCUT2D eigenvalue weighted by molar-refractivity contribution is 0.0604. The van der Waals surface area contributed by atoms with Crippen molar-refractivity contribution in [3.05, 3.63) is 29.7 Å². The number of rotatable bonds is 3. The van der Waals surface area contributed by atoms with Crippen LogP contribution in [0.3, 0.4) is 0 Å². The van der Waals surface area contributed by atoms with Crippen LogP contribution in [0.2, 0.25) is 0 Å². The van der Waals surface area contributed by atoms with E-state index in [-0.39, 0.29) is 5.92 Å². The second-order valence-electron chi connectivity index (χ2n) is 8.86. The summed E-state index contributed by atoms with van der Waals surface area (Å²) in [6, 6.07) is 6.33. The van der Waals surface area contributed by atoms with Crippen molar-refractivity contribution in [1.29, 1.82) is 0 Å². The van der Waals surface area contributed by atoms with Crippen LogP contribution in [-0.2, 0) is 4.74 Å². The van der Waals surface area contributed by atoms with Crippen LogP contribution in [0.5, 0.6) is 0 Å². The van der Waals surface area contributed by atoms with Crippen LogP contribution in [0.25, 0.3) is 5.65 Å². The number of pyridine rings is 1. The Labute approximate surface area is 160 Å². The number of ether oxygens (including phenoxy) is 1. The minimum Gasteiger partial charge on any atom is -0.442 e. The molecule has 2 fully saturated rings. The van der Waals surface area contributed by atoms with Gasteiger partial charge in [-0.15, -0.1) is 10.2 Å². The topological polar surface area (TPSA) is 68.8 Å². The molecule has 2 aromatic heterocycles. The summed E-state index contributed by atoms with van der Waals surface area (Å²) in [6.45, 7) is 5.56. The summed E-state index contributed by atoms with van der Waals surface area (Å²) < 4.78 is 7.54.